The van der Waals surface area contributed by atoms with Gasteiger partial charge in [-0.15, -0.1) is 0 Å². The van der Waals surface area contributed by atoms with Crippen molar-refractivity contribution in [2.24, 2.45) is 11.1 Å². The van der Waals surface area contributed by atoms with Gasteiger partial charge in [-0.05, 0) is 58.4 Å². The van der Waals surface area contributed by atoms with E-state index < -0.39 is 5.60 Å². The Morgan fingerprint density at radius 3 is 2.42 bits per heavy atom. The van der Waals surface area contributed by atoms with Gasteiger partial charge in [0, 0.05) is 12.6 Å². The van der Waals surface area contributed by atoms with E-state index in [1.807, 2.05) is 25.7 Å². The molecule has 0 aliphatic carbocycles. The van der Waals surface area contributed by atoms with Gasteiger partial charge in [0.2, 0.25) is 0 Å². The molecule has 4 nitrogen and oxygen atoms in total. The van der Waals surface area contributed by atoms with Crippen LogP contribution in [0.25, 0.3) is 0 Å². The Kier molecular flexibility index (Phi) is 5.25. The first-order chi connectivity index (χ1) is 8.67. The number of nitrogens with zero attached hydrogens (tertiary/aromatic N) is 1. The molecule has 0 aromatic heterocycles. The Labute approximate surface area is 117 Å². The molecular weight excluding hydrogens is 240 g/mol. The number of carbonyl (C=O) groups is 1. The van der Waals surface area contributed by atoms with Gasteiger partial charge in [-0.25, -0.2) is 4.79 Å². The predicted octanol–water partition coefficient (Wildman–Crippen LogP) is 3.15. The number of ether oxygens (including phenoxy) is 1. The first kappa shape index (κ1) is 16.3. The molecule has 0 aromatic carbocycles. The van der Waals surface area contributed by atoms with E-state index in [4.69, 9.17) is 10.5 Å². The SMILES string of the molecule is CC(C)(C)OC(=O)N1CCCCC1C(C)(C)CCN. The summed E-state index contributed by atoms with van der Waals surface area (Å²) in [5.41, 5.74) is 5.32. The van der Waals surface area contributed by atoms with Crippen molar-refractivity contribution >= 4 is 6.09 Å². The highest BCUT2D eigenvalue weighted by Gasteiger charge is 2.39. The second-order valence-corrected chi connectivity index (χ2v) is 7.21. The van der Waals surface area contributed by atoms with Crippen LogP contribution in [-0.2, 0) is 4.74 Å². The number of hydrogen-bond acceptors (Lipinski definition) is 3. The van der Waals surface area contributed by atoms with Crippen molar-refractivity contribution in [1.29, 1.82) is 0 Å². The number of carbonyl (C=O) groups excluding carboxylic acids is 1. The molecule has 19 heavy (non-hydrogen) atoms. The maximum Gasteiger partial charge on any atom is 0.410 e. The maximum atomic E-state index is 12.3. The summed E-state index contributed by atoms with van der Waals surface area (Å²) < 4.78 is 5.54. The Bertz CT molecular complexity index is 308. The summed E-state index contributed by atoms with van der Waals surface area (Å²) in [6, 6.07) is 0.236. The van der Waals surface area contributed by atoms with Gasteiger partial charge < -0.3 is 15.4 Å². The van der Waals surface area contributed by atoms with Crippen molar-refractivity contribution in [2.75, 3.05) is 13.1 Å². The molecule has 1 fully saturated rings. The molecule has 2 N–H and O–H groups in total. The van der Waals surface area contributed by atoms with Crippen LogP contribution in [0.1, 0.15) is 60.3 Å². The lowest BCUT2D eigenvalue weighted by Crippen LogP contribution is -2.52. The molecule has 0 saturated carbocycles. The Balaban J connectivity index is 2.80. The molecule has 0 aromatic rings. The fraction of sp³-hybridized carbons (Fsp3) is 0.933. The summed E-state index contributed by atoms with van der Waals surface area (Å²) in [6.45, 7) is 11.6. The highest BCUT2D eigenvalue weighted by Crippen LogP contribution is 2.35. The van der Waals surface area contributed by atoms with E-state index in [-0.39, 0.29) is 17.6 Å². The van der Waals surface area contributed by atoms with Crippen LogP contribution < -0.4 is 5.73 Å². The molecule has 1 amide bonds. The molecule has 1 aliphatic heterocycles. The fourth-order valence-electron chi connectivity index (χ4n) is 2.82. The maximum absolute atomic E-state index is 12.3. The number of rotatable bonds is 3. The summed E-state index contributed by atoms with van der Waals surface area (Å²) in [4.78, 5) is 14.3. The van der Waals surface area contributed by atoms with Crippen LogP contribution in [0.3, 0.4) is 0 Å². The molecule has 0 bridgehead atoms. The quantitative estimate of drug-likeness (QED) is 0.857. The minimum atomic E-state index is -0.433. The van der Waals surface area contributed by atoms with E-state index in [9.17, 15) is 4.79 Å². The van der Waals surface area contributed by atoms with Crippen LogP contribution in [0.4, 0.5) is 4.79 Å². The van der Waals surface area contributed by atoms with Gasteiger partial charge in [0.25, 0.3) is 0 Å². The van der Waals surface area contributed by atoms with E-state index in [0.29, 0.717) is 6.54 Å². The second kappa shape index (κ2) is 6.12. The Morgan fingerprint density at radius 2 is 1.89 bits per heavy atom. The average molecular weight is 270 g/mol. The average Bonchev–Trinajstić information content (AvgIpc) is 2.26. The topological polar surface area (TPSA) is 55.6 Å². The fourth-order valence-corrected chi connectivity index (χ4v) is 2.82. The summed E-state index contributed by atoms with van der Waals surface area (Å²) in [7, 11) is 0. The first-order valence-electron chi connectivity index (χ1n) is 7.37. The molecule has 1 aliphatic rings. The zero-order chi connectivity index (χ0) is 14.7. The highest BCUT2D eigenvalue weighted by molar-refractivity contribution is 5.68. The Hall–Kier alpha value is -0.770. The first-order valence-corrected chi connectivity index (χ1v) is 7.37. The summed E-state index contributed by atoms with van der Waals surface area (Å²) in [5.74, 6) is 0. The van der Waals surface area contributed by atoms with Crippen LogP contribution in [0.2, 0.25) is 0 Å². The van der Waals surface area contributed by atoms with Crippen molar-refractivity contribution in [3.63, 3.8) is 0 Å². The molecule has 0 spiro atoms. The standard InChI is InChI=1S/C15H30N2O2/c1-14(2,3)19-13(18)17-11-7-6-8-12(17)15(4,5)9-10-16/h12H,6-11,16H2,1-5H3. The Morgan fingerprint density at radius 1 is 1.26 bits per heavy atom. The number of amides is 1. The van der Waals surface area contributed by atoms with Crippen molar-refractivity contribution < 1.29 is 9.53 Å². The van der Waals surface area contributed by atoms with Crippen LogP contribution >= 0.6 is 0 Å². The summed E-state index contributed by atoms with van der Waals surface area (Å²) in [6.07, 6.45) is 4.04. The second-order valence-electron chi connectivity index (χ2n) is 7.21. The third kappa shape index (κ3) is 4.68. The number of likely N-dealkylation sites (tertiary alicyclic amines) is 1. The molecule has 1 heterocycles. The molecule has 0 radical (unpaired) electrons. The zero-order valence-electron chi connectivity index (χ0n) is 13.2. The third-order valence-electron chi connectivity index (χ3n) is 3.82. The van der Waals surface area contributed by atoms with E-state index in [1.165, 1.54) is 6.42 Å². The number of piperidine rings is 1. The minimum absolute atomic E-state index is 0.0477. The van der Waals surface area contributed by atoms with Crippen LogP contribution in [0.15, 0.2) is 0 Å². The largest absolute Gasteiger partial charge is 0.444 e. The van der Waals surface area contributed by atoms with Crippen molar-refractivity contribution in [1.82, 2.24) is 4.90 Å². The molecule has 1 unspecified atom stereocenters. The zero-order valence-corrected chi connectivity index (χ0v) is 13.2. The number of nitrogens with two attached hydrogens (primary N) is 1. The van der Waals surface area contributed by atoms with Gasteiger partial charge in [0.15, 0.2) is 0 Å². The molecular formula is C15H30N2O2. The third-order valence-corrected chi connectivity index (χ3v) is 3.82. The minimum Gasteiger partial charge on any atom is -0.444 e. The highest BCUT2D eigenvalue weighted by atomic mass is 16.6. The molecule has 1 saturated heterocycles. The molecule has 1 rings (SSSR count). The van der Waals surface area contributed by atoms with Gasteiger partial charge >= 0.3 is 6.09 Å². The van der Waals surface area contributed by atoms with Gasteiger partial charge in [0.05, 0.1) is 0 Å². The monoisotopic (exact) mass is 270 g/mol. The van der Waals surface area contributed by atoms with E-state index in [0.717, 1.165) is 25.8 Å². The van der Waals surface area contributed by atoms with E-state index >= 15 is 0 Å². The van der Waals surface area contributed by atoms with Gasteiger partial charge in [-0.3, -0.25) is 0 Å². The normalized spacial score (nSPS) is 21.4. The van der Waals surface area contributed by atoms with Gasteiger partial charge in [-0.2, -0.15) is 0 Å². The van der Waals surface area contributed by atoms with Crippen molar-refractivity contribution in [3.05, 3.63) is 0 Å². The van der Waals surface area contributed by atoms with Crippen molar-refractivity contribution in [2.45, 2.75) is 71.9 Å². The van der Waals surface area contributed by atoms with Gasteiger partial charge in [0.1, 0.15) is 5.60 Å². The molecule has 4 heteroatoms. The van der Waals surface area contributed by atoms with Crippen LogP contribution in [0.5, 0.6) is 0 Å². The molecule has 1 atom stereocenters. The number of hydrogen-bond donors (Lipinski definition) is 1. The smallest absolute Gasteiger partial charge is 0.410 e. The van der Waals surface area contributed by atoms with E-state index in [2.05, 4.69) is 13.8 Å². The summed E-state index contributed by atoms with van der Waals surface area (Å²) >= 11 is 0. The lowest BCUT2D eigenvalue weighted by Gasteiger charge is -2.45. The lowest BCUT2D eigenvalue weighted by atomic mass is 9.76. The van der Waals surface area contributed by atoms with Crippen LogP contribution in [-0.4, -0.2) is 35.7 Å². The van der Waals surface area contributed by atoms with Crippen molar-refractivity contribution in [3.8, 4) is 0 Å². The van der Waals surface area contributed by atoms with E-state index in [1.54, 1.807) is 0 Å². The predicted molar refractivity (Wildman–Crippen MR) is 78.0 cm³/mol. The summed E-state index contributed by atoms with van der Waals surface area (Å²) in [5, 5.41) is 0. The lowest BCUT2D eigenvalue weighted by molar-refractivity contribution is -0.0112. The molecule has 112 valence electrons. The van der Waals surface area contributed by atoms with Crippen LogP contribution in [0, 0.1) is 5.41 Å². The van der Waals surface area contributed by atoms with Gasteiger partial charge in [-0.1, -0.05) is 13.8 Å².